The van der Waals surface area contributed by atoms with Crippen molar-refractivity contribution in [2.24, 2.45) is 0 Å². The Balaban J connectivity index is 2.10. The lowest BCUT2D eigenvalue weighted by molar-refractivity contribution is -0.302. The van der Waals surface area contributed by atoms with Gasteiger partial charge in [0.2, 0.25) is 5.91 Å². The Hall–Kier alpha value is -2.89. The van der Waals surface area contributed by atoms with E-state index in [4.69, 9.17) is 9.47 Å². The van der Waals surface area contributed by atoms with Crippen LogP contribution in [0.2, 0.25) is 0 Å². The summed E-state index contributed by atoms with van der Waals surface area (Å²) in [5, 5.41) is 55.0. The van der Waals surface area contributed by atoms with Gasteiger partial charge in [-0.05, 0) is 77.0 Å². The van der Waals surface area contributed by atoms with Crippen LogP contribution in [0.1, 0.15) is 335 Å². The van der Waals surface area contributed by atoms with E-state index in [-0.39, 0.29) is 12.5 Å². The molecule has 1 saturated heterocycles. The molecule has 0 spiro atoms. The number of allylic oxidation sites excluding steroid dienone is 16. The third-order valence-electron chi connectivity index (χ3n) is 17.2. The first-order valence-corrected chi connectivity index (χ1v) is 36.9. The van der Waals surface area contributed by atoms with Gasteiger partial charge in [0.1, 0.15) is 24.4 Å². The van der Waals surface area contributed by atoms with E-state index in [2.05, 4.69) is 116 Å². The van der Waals surface area contributed by atoms with E-state index < -0.39 is 49.5 Å². The molecule has 7 unspecified atom stereocenters. The van der Waals surface area contributed by atoms with Gasteiger partial charge in [-0.25, -0.2) is 0 Å². The summed E-state index contributed by atoms with van der Waals surface area (Å²) < 4.78 is 11.4. The number of aliphatic hydroxyl groups excluding tert-OH is 5. The Morgan fingerprint density at radius 3 is 1.06 bits per heavy atom. The Morgan fingerprint density at radius 2 is 0.713 bits per heavy atom. The third kappa shape index (κ3) is 54.6. The highest BCUT2D eigenvalue weighted by Gasteiger charge is 2.44. The summed E-state index contributed by atoms with van der Waals surface area (Å²) in [5.74, 6) is -0.143. The van der Waals surface area contributed by atoms with Gasteiger partial charge in [-0.2, -0.15) is 0 Å². The van der Waals surface area contributed by atoms with Crippen LogP contribution in [0.3, 0.4) is 0 Å². The van der Waals surface area contributed by atoms with E-state index in [0.717, 1.165) is 89.9 Å². The summed E-state index contributed by atoms with van der Waals surface area (Å²) in [6, 6.07) is -0.726. The molecule has 6 N–H and O–H groups in total. The molecule has 0 aromatic carbocycles. The molecule has 0 saturated carbocycles. The number of hydrogen-bond donors (Lipinski definition) is 6. The molecule has 0 aliphatic carbocycles. The standard InChI is InChI=1S/C78H139NO8/c1-3-5-7-9-11-13-15-17-19-21-23-25-27-29-30-31-32-33-34-35-36-37-38-39-40-41-42-44-46-48-50-52-54-56-58-60-62-64-66-68-74(82)79-71(70-86-78-77(85)76(84)75(83)73(69-80)87-78)72(81)67-65-63-61-59-57-55-53-51-49-47-45-43-28-26-24-22-20-18-16-14-12-10-8-6-4-2/h5,7,11,13,17,19,23,25,29-30,32-33,35-36,38-39,71-73,75-78,80-81,83-85H,3-4,6,8-10,12,14-16,18,20-22,24,26-28,31,34,37,40-70H2,1-2H3,(H,79,82)/b7-5-,13-11-,19-17-,25-23-,30-29-,33-32-,36-35-,39-38-. The Morgan fingerprint density at radius 1 is 0.402 bits per heavy atom. The summed E-state index contributed by atoms with van der Waals surface area (Å²) in [7, 11) is 0. The second-order valence-electron chi connectivity index (χ2n) is 25.4. The molecule has 1 aliphatic heterocycles. The molecular weight excluding hydrogens is 1080 g/mol. The van der Waals surface area contributed by atoms with Crippen LogP contribution in [0.4, 0.5) is 0 Å². The number of hydrogen-bond acceptors (Lipinski definition) is 8. The number of carbonyl (C=O) groups excluding carboxylic acids is 1. The number of amides is 1. The molecule has 0 radical (unpaired) electrons. The zero-order valence-corrected chi connectivity index (χ0v) is 56.5. The zero-order valence-electron chi connectivity index (χ0n) is 56.5. The van der Waals surface area contributed by atoms with Crippen molar-refractivity contribution in [2.45, 2.75) is 378 Å². The van der Waals surface area contributed by atoms with Crippen LogP contribution in [0, 0.1) is 0 Å². The van der Waals surface area contributed by atoms with Crippen LogP contribution in [-0.4, -0.2) is 87.5 Å². The van der Waals surface area contributed by atoms with Gasteiger partial charge in [0.15, 0.2) is 6.29 Å². The van der Waals surface area contributed by atoms with Gasteiger partial charge < -0.3 is 40.3 Å². The molecular formula is C78H139NO8. The van der Waals surface area contributed by atoms with Crippen molar-refractivity contribution < 1.29 is 39.8 Å². The quantitative estimate of drug-likeness (QED) is 0.0261. The zero-order chi connectivity index (χ0) is 62.8. The predicted molar refractivity (Wildman–Crippen MR) is 373 cm³/mol. The minimum absolute atomic E-state index is 0.139. The average Bonchev–Trinajstić information content (AvgIpc) is 3.38. The van der Waals surface area contributed by atoms with Crippen molar-refractivity contribution >= 4 is 5.91 Å². The highest BCUT2D eigenvalue weighted by atomic mass is 16.7. The molecule has 1 heterocycles. The predicted octanol–water partition coefficient (Wildman–Crippen LogP) is 20.6. The molecule has 9 nitrogen and oxygen atoms in total. The SMILES string of the molecule is CC/C=C\C/C=C\C/C=C\C/C=C\C/C=C\C/C=C\C/C=C\C/C=C\CCCCCCCCCCCCCCCCC(=O)NC(COC1OC(CO)C(O)C(O)C1O)C(O)CCCCCCCCCCCCCCCCCCCCCCCCCCC. The van der Waals surface area contributed by atoms with Crippen LogP contribution in [-0.2, 0) is 14.3 Å². The van der Waals surface area contributed by atoms with E-state index in [0.29, 0.717) is 12.8 Å². The molecule has 1 fully saturated rings. The lowest BCUT2D eigenvalue weighted by Crippen LogP contribution is -2.60. The Labute approximate surface area is 536 Å². The van der Waals surface area contributed by atoms with Gasteiger partial charge in [0.25, 0.3) is 0 Å². The fourth-order valence-electron chi connectivity index (χ4n) is 11.5. The summed E-state index contributed by atoms with van der Waals surface area (Å²) in [6.45, 7) is 3.76. The first-order valence-electron chi connectivity index (χ1n) is 36.9. The van der Waals surface area contributed by atoms with Gasteiger partial charge in [-0.1, -0.05) is 349 Å². The third-order valence-corrected chi connectivity index (χ3v) is 17.2. The highest BCUT2D eigenvalue weighted by Crippen LogP contribution is 2.24. The van der Waals surface area contributed by atoms with Gasteiger partial charge in [0, 0.05) is 6.42 Å². The van der Waals surface area contributed by atoms with Gasteiger partial charge >= 0.3 is 0 Å². The average molecular weight is 1220 g/mol. The summed E-state index contributed by atoms with van der Waals surface area (Å²) >= 11 is 0. The van der Waals surface area contributed by atoms with Crippen molar-refractivity contribution in [2.75, 3.05) is 13.2 Å². The van der Waals surface area contributed by atoms with Gasteiger partial charge in [0.05, 0.1) is 25.4 Å². The molecule has 87 heavy (non-hydrogen) atoms. The minimum Gasteiger partial charge on any atom is -0.394 e. The number of unbranched alkanes of at least 4 members (excludes halogenated alkanes) is 38. The number of rotatable bonds is 64. The highest BCUT2D eigenvalue weighted by molar-refractivity contribution is 5.76. The van der Waals surface area contributed by atoms with Crippen LogP contribution < -0.4 is 5.32 Å². The molecule has 504 valence electrons. The maximum Gasteiger partial charge on any atom is 0.220 e. The first-order chi connectivity index (χ1) is 42.8. The second-order valence-corrected chi connectivity index (χ2v) is 25.4. The maximum absolute atomic E-state index is 13.2. The van der Waals surface area contributed by atoms with E-state index >= 15 is 0 Å². The van der Waals surface area contributed by atoms with Crippen molar-refractivity contribution in [1.82, 2.24) is 5.32 Å². The summed E-state index contributed by atoms with van der Waals surface area (Å²) in [4.78, 5) is 13.2. The lowest BCUT2D eigenvalue weighted by Gasteiger charge is -2.40. The van der Waals surface area contributed by atoms with E-state index in [1.807, 2.05) is 0 Å². The Bertz CT molecular complexity index is 1700. The lowest BCUT2D eigenvalue weighted by atomic mass is 9.99. The molecule has 1 amide bonds. The van der Waals surface area contributed by atoms with Crippen LogP contribution in [0.5, 0.6) is 0 Å². The number of nitrogens with one attached hydrogen (secondary N) is 1. The van der Waals surface area contributed by atoms with Crippen LogP contribution in [0.25, 0.3) is 0 Å². The van der Waals surface area contributed by atoms with Crippen LogP contribution >= 0.6 is 0 Å². The van der Waals surface area contributed by atoms with Crippen molar-refractivity contribution in [3.63, 3.8) is 0 Å². The smallest absolute Gasteiger partial charge is 0.220 e. The molecule has 9 heteroatoms. The molecule has 1 aliphatic rings. The van der Waals surface area contributed by atoms with E-state index in [1.165, 1.54) is 218 Å². The normalized spacial score (nSPS) is 18.5. The van der Waals surface area contributed by atoms with Gasteiger partial charge in [-0.15, -0.1) is 0 Å². The maximum atomic E-state index is 13.2. The van der Waals surface area contributed by atoms with Gasteiger partial charge in [-0.3, -0.25) is 4.79 Å². The molecule has 7 atom stereocenters. The fourth-order valence-corrected chi connectivity index (χ4v) is 11.5. The van der Waals surface area contributed by atoms with Crippen molar-refractivity contribution in [1.29, 1.82) is 0 Å². The van der Waals surface area contributed by atoms with Crippen molar-refractivity contribution in [3.8, 4) is 0 Å². The number of carbonyl (C=O) groups is 1. The number of aliphatic hydroxyl groups is 5. The van der Waals surface area contributed by atoms with Crippen LogP contribution in [0.15, 0.2) is 97.2 Å². The largest absolute Gasteiger partial charge is 0.394 e. The number of ether oxygens (including phenoxy) is 2. The monoisotopic (exact) mass is 1220 g/mol. The molecule has 0 aromatic heterocycles. The fraction of sp³-hybridized carbons (Fsp3) is 0.782. The van der Waals surface area contributed by atoms with Crippen molar-refractivity contribution in [3.05, 3.63) is 97.2 Å². The molecule has 1 rings (SSSR count). The Kier molecular flexibility index (Phi) is 62.3. The molecule has 0 bridgehead atoms. The summed E-state index contributed by atoms with van der Waals surface area (Å²) in [6.07, 6.45) is 89.1. The summed E-state index contributed by atoms with van der Waals surface area (Å²) in [5.41, 5.74) is 0. The minimum atomic E-state index is -1.56. The second kappa shape index (κ2) is 66.0. The van der Waals surface area contributed by atoms with E-state index in [9.17, 15) is 30.3 Å². The molecule has 0 aromatic rings. The van der Waals surface area contributed by atoms with E-state index in [1.54, 1.807) is 0 Å². The first kappa shape index (κ1) is 82.1. The topological polar surface area (TPSA) is 149 Å².